The van der Waals surface area contributed by atoms with Crippen LogP contribution in [0, 0.1) is 0 Å². The number of carbonyl (C=O) groups is 1. The van der Waals surface area contributed by atoms with E-state index in [0.29, 0.717) is 11.3 Å². The van der Waals surface area contributed by atoms with E-state index in [1.165, 1.54) is 5.56 Å². The van der Waals surface area contributed by atoms with Crippen molar-refractivity contribution >= 4 is 5.97 Å². The van der Waals surface area contributed by atoms with Crippen LogP contribution in [-0.4, -0.2) is 11.1 Å². The fraction of sp³-hybridized carbons (Fsp3) is 0.316. The Balaban J connectivity index is 2.20. The number of hydrogen-bond acceptors (Lipinski definition) is 2. The maximum atomic E-state index is 11.5. The number of hydrogen-bond donors (Lipinski definition) is 1. The van der Waals surface area contributed by atoms with Crippen LogP contribution < -0.4 is 4.74 Å². The zero-order chi connectivity index (χ0) is 16.2. The van der Waals surface area contributed by atoms with E-state index in [2.05, 4.69) is 20.8 Å². The summed E-state index contributed by atoms with van der Waals surface area (Å²) < 4.78 is 5.66. The fourth-order valence-electron chi connectivity index (χ4n) is 2.21. The minimum absolute atomic E-state index is 0.101. The topological polar surface area (TPSA) is 46.5 Å². The Hall–Kier alpha value is -2.29. The Labute approximate surface area is 131 Å². The standard InChI is InChI=1S/C19H22O3/c1-4-19(2,3)15-10-12-16(13-11-15)22-17(18(20)21)14-8-6-5-7-9-14/h5-13,17H,4H2,1-3H3,(H,20,21). The van der Waals surface area contributed by atoms with Crippen LogP contribution in [0.1, 0.15) is 44.4 Å². The zero-order valence-corrected chi connectivity index (χ0v) is 13.2. The third-order valence-electron chi connectivity index (χ3n) is 4.10. The molecule has 0 amide bonds. The predicted molar refractivity (Wildman–Crippen MR) is 87.2 cm³/mol. The number of rotatable bonds is 6. The van der Waals surface area contributed by atoms with Gasteiger partial charge in [-0.2, -0.15) is 0 Å². The average Bonchev–Trinajstić information content (AvgIpc) is 2.53. The third kappa shape index (κ3) is 3.67. The SMILES string of the molecule is CCC(C)(C)c1ccc(OC(C(=O)O)c2ccccc2)cc1. The lowest BCUT2D eigenvalue weighted by Gasteiger charge is -2.23. The van der Waals surface area contributed by atoms with Gasteiger partial charge in [0.05, 0.1) is 0 Å². The van der Waals surface area contributed by atoms with E-state index in [1.54, 1.807) is 12.1 Å². The van der Waals surface area contributed by atoms with Gasteiger partial charge in [0.15, 0.2) is 0 Å². The van der Waals surface area contributed by atoms with E-state index >= 15 is 0 Å². The summed E-state index contributed by atoms with van der Waals surface area (Å²) in [6, 6.07) is 16.7. The molecule has 0 aliphatic rings. The van der Waals surface area contributed by atoms with Crippen molar-refractivity contribution in [1.82, 2.24) is 0 Å². The van der Waals surface area contributed by atoms with E-state index in [9.17, 15) is 9.90 Å². The first-order chi connectivity index (χ1) is 10.4. The van der Waals surface area contributed by atoms with E-state index in [4.69, 9.17) is 4.74 Å². The quantitative estimate of drug-likeness (QED) is 0.849. The normalized spacial score (nSPS) is 12.7. The van der Waals surface area contributed by atoms with Crippen molar-refractivity contribution in [2.45, 2.75) is 38.7 Å². The molecule has 1 N–H and O–H groups in total. The van der Waals surface area contributed by atoms with E-state index in [-0.39, 0.29) is 5.41 Å². The summed E-state index contributed by atoms with van der Waals surface area (Å²) >= 11 is 0. The monoisotopic (exact) mass is 298 g/mol. The van der Waals surface area contributed by atoms with Gasteiger partial charge in [0, 0.05) is 5.56 Å². The van der Waals surface area contributed by atoms with Gasteiger partial charge in [-0.15, -0.1) is 0 Å². The smallest absolute Gasteiger partial charge is 0.349 e. The Morgan fingerprint density at radius 1 is 1.09 bits per heavy atom. The van der Waals surface area contributed by atoms with Crippen molar-refractivity contribution in [2.24, 2.45) is 0 Å². The van der Waals surface area contributed by atoms with Crippen LogP contribution in [0.3, 0.4) is 0 Å². The summed E-state index contributed by atoms with van der Waals surface area (Å²) in [5.41, 5.74) is 1.95. The molecule has 0 bridgehead atoms. The van der Waals surface area contributed by atoms with Crippen LogP contribution in [0.5, 0.6) is 5.75 Å². The highest BCUT2D eigenvalue weighted by Gasteiger charge is 2.22. The summed E-state index contributed by atoms with van der Waals surface area (Å²) in [7, 11) is 0. The molecule has 0 aliphatic heterocycles. The average molecular weight is 298 g/mol. The highest BCUT2D eigenvalue weighted by molar-refractivity contribution is 5.74. The summed E-state index contributed by atoms with van der Waals surface area (Å²) in [5, 5.41) is 9.38. The van der Waals surface area contributed by atoms with Crippen molar-refractivity contribution in [3.63, 3.8) is 0 Å². The van der Waals surface area contributed by atoms with Crippen LogP contribution in [0.25, 0.3) is 0 Å². The number of carboxylic acid groups (broad SMARTS) is 1. The van der Waals surface area contributed by atoms with Gasteiger partial charge in [0.25, 0.3) is 0 Å². The highest BCUT2D eigenvalue weighted by Crippen LogP contribution is 2.29. The molecular formula is C19H22O3. The van der Waals surface area contributed by atoms with Crippen molar-refractivity contribution in [3.8, 4) is 5.75 Å². The van der Waals surface area contributed by atoms with Crippen molar-refractivity contribution in [1.29, 1.82) is 0 Å². The van der Waals surface area contributed by atoms with Crippen LogP contribution >= 0.6 is 0 Å². The predicted octanol–water partition coefficient (Wildman–Crippen LogP) is 4.58. The Morgan fingerprint density at radius 3 is 2.18 bits per heavy atom. The van der Waals surface area contributed by atoms with Crippen molar-refractivity contribution in [3.05, 3.63) is 65.7 Å². The van der Waals surface area contributed by atoms with E-state index in [1.807, 2.05) is 42.5 Å². The molecule has 2 aromatic carbocycles. The Morgan fingerprint density at radius 2 is 1.68 bits per heavy atom. The molecule has 1 unspecified atom stereocenters. The first-order valence-electron chi connectivity index (χ1n) is 7.49. The molecule has 3 nitrogen and oxygen atoms in total. The molecule has 0 aromatic heterocycles. The summed E-state index contributed by atoms with van der Waals surface area (Å²) in [5.74, 6) is -0.434. The van der Waals surface area contributed by atoms with Crippen LogP contribution in [0.2, 0.25) is 0 Å². The Kier molecular flexibility index (Phi) is 4.86. The molecule has 1 atom stereocenters. The van der Waals surface area contributed by atoms with Crippen LogP contribution in [-0.2, 0) is 10.2 Å². The van der Waals surface area contributed by atoms with Gasteiger partial charge in [-0.25, -0.2) is 4.79 Å². The maximum absolute atomic E-state index is 11.5. The first-order valence-corrected chi connectivity index (χ1v) is 7.49. The minimum atomic E-state index is -0.996. The number of benzene rings is 2. The molecule has 0 heterocycles. The number of ether oxygens (including phenoxy) is 1. The summed E-state index contributed by atoms with van der Waals surface area (Å²) in [6.45, 7) is 6.53. The molecule has 0 radical (unpaired) electrons. The lowest BCUT2D eigenvalue weighted by molar-refractivity contribution is -0.145. The molecule has 0 saturated heterocycles. The second-order valence-electron chi connectivity index (χ2n) is 6.01. The second-order valence-corrected chi connectivity index (χ2v) is 6.01. The first kappa shape index (κ1) is 16.1. The van der Waals surface area contributed by atoms with Gasteiger partial charge in [-0.3, -0.25) is 0 Å². The third-order valence-corrected chi connectivity index (χ3v) is 4.10. The molecule has 22 heavy (non-hydrogen) atoms. The van der Waals surface area contributed by atoms with Gasteiger partial charge in [0.2, 0.25) is 6.10 Å². The lowest BCUT2D eigenvalue weighted by atomic mass is 9.82. The van der Waals surface area contributed by atoms with Crippen LogP contribution in [0.15, 0.2) is 54.6 Å². The number of carboxylic acids is 1. The van der Waals surface area contributed by atoms with Crippen molar-refractivity contribution < 1.29 is 14.6 Å². The van der Waals surface area contributed by atoms with Gasteiger partial charge in [0.1, 0.15) is 5.75 Å². The minimum Gasteiger partial charge on any atom is -0.478 e. The molecule has 0 fully saturated rings. The molecule has 0 aliphatic carbocycles. The summed E-state index contributed by atoms with van der Waals surface area (Å²) in [6.07, 6.45) is 0.0425. The molecule has 3 heteroatoms. The van der Waals surface area contributed by atoms with E-state index < -0.39 is 12.1 Å². The van der Waals surface area contributed by atoms with Gasteiger partial charge in [-0.05, 0) is 29.5 Å². The molecular weight excluding hydrogens is 276 g/mol. The molecule has 0 spiro atoms. The Bertz CT molecular complexity index is 615. The largest absolute Gasteiger partial charge is 0.478 e. The van der Waals surface area contributed by atoms with Crippen LogP contribution in [0.4, 0.5) is 0 Å². The van der Waals surface area contributed by atoms with E-state index in [0.717, 1.165) is 6.42 Å². The second kappa shape index (κ2) is 6.65. The van der Waals surface area contributed by atoms with Gasteiger partial charge >= 0.3 is 5.97 Å². The highest BCUT2D eigenvalue weighted by atomic mass is 16.5. The summed E-state index contributed by atoms with van der Waals surface area (Å²) in [4.78, 5) is 11.5. The van der Waals surface area contributed by atoms with Gasteiger partial charge in [-0.1, -0.05) is 63.2 Å². The molecule has 116 valence electrons. The molecule has 2 rings (SSSR count). The number of aliphatic carboxylic acids is 1. The van der Waals surface area contributed by atoms with Crippen molar-refractivity contribution in [2.75, 3.05) is 0 Å². The molecule has 2 aromatic rings. The van der Waals surface area contributed by atoms with Gasteiger partial charge < -0.3 is 9.84 Å². The molecule has 0 saturated carbocycles. The lowest BCUT2D eigenvalue weighted by Crippen LogP contribution is -2.18. The fourth-order valence-corrected chi connectivity index (χ4v) is 2.21. The maximum Gasteiger partial charge on any atom is 0.349 e. The zero-order valence-electron chi connectivity index (χ0n) is 13.2.